The fourth-order valence-electron chi connectivity index (χ4n) is 10.9. The maximum atomic E-state index is 11.2. The molecule has 0 aromatic carbocycles. The minimum Gasteiger partial charge on any atom is -0.394 e. The number of hydrogen-bond acceptors (Lipinski definition) is 8. The Bertz CT molecular complexity index is 1130. The van der Waals surface area contributed by atoms with E-state index in [1.165, 1.54) is 5.57 Å². The Morgan fingerprint density at radius 3 is 2.29 bits per heavy atom. The second kappa shape index (κ2) is 12.2. The number of ether oxygens (including phenoxy) is 3. The third kappa shape index (κ3) is 5.61. The van der Waals surface area contributed by atoms with Crippen LogP contribution in [0.3, 0.4) is 0 Å². The van der Waals surface area contributed by atoms with Gasteiger partial charge in [-0.3, -0.25) is 0 Å². The second-order valence-electron chi connectivity index (χ2n) is 17.2. The molecule has 1 saturated heterocycles. The largest absolute Gasteiger partial charge is 0.394 e. The summed E-state index contributed by atoms with van der Waals surface area (Å²) in [5.74, 6) is 1.45. The van der Waals surface area contributed by atoms with E-state index >= 15 is 0 Å². The van der Waals surface area contributed by atoms with Crippen molar-refractivity contribution in [2.75, 3.05) is 13.7 Å². The maximum Gasteiger partial charge on any atom is 0.187 e. The zero-order valence-electron chi connectivity index (χ0n) is 29.2. The Balaban J connectivity index is 1.53. The van der Waals surface area contributed by atoms with Gasteiger partial charge >= 0.3 is 0 Å². The van der Waals surface area contributed by atoms with Gasteiger partial charge in [0.1, 0.15) is 24.4 Å². The van der Waals surface area contributed by atoms with Gasteiger partial charge in [-0.25, -0.2) is 0 Å². The average Bonchev–Trinajstić information content (AvgIpc) is 3.26. The van der Waals surface area contributed by atoms with E-state index in [0.717, 1.165) is 44.9 Å². The maximum absolute atomic E-state index is 11.2. The molecule has 4 fully saturated rings. The van der Waals surface area contributed by atoms with E-state index in [4.69, 9.17) is 14.2 Å². The lowest BCUT2D eigenvalue weighted by Gasteiger charge is -2.67. The molecule has 1 heterocycles. The van der Waals surface area contributed by atoms with Gasteiger partial charge < -0.3 is 39.7 Å². The Kier molecular flexibility index (Phi) is 9.65. The Labute approximate surface area is 271 Å². The number of methoxy groups -OCH3 is 1. The summed E-state index contributed by atoms with van der Waals surface area (Å²) < 4.78 is 18.4. The summed E-state index contributed by atoms with van der Waals surface area (Å²) in [6.07, 6.45) is 6.25. The quantitative estimate of drug-likeness (QED) is 0.242. The van der Waals surface area contributed by atoms with E-state index < -0.39 is 54.9 Å². The van der Waals surface area contributed by atoms with Gasteiger partial charge in [-0.1, -0.05) is 65.3 Å². The predicted octanol–water partition coefficient (Wildman–Crippen LogP) is 4.75. The lowest BCUT2D eigenvalue weighted by molar-refractivity contribution is -0.322. The smallest absolute Gasteiger partial charge is 0.187 e. The molecule has 3 saturated carbocycles. The van der Waals surface area contributed by atoms with Crippen molar-refractivity contribution in [3.63, 3.8) is 0 Å². The van der Waals surface area contributed by atoms with Crippen LogP contribution in [0.25, 0.3) is 0 Å². The molecule has 0 aromatic rings. The van der Waals surface area contributed by atoms with Gasteiger partial charge in [-0.2, -0.15) is 0 Å². The number of allylic oxidation sites excluding steroid dienone is 1. The van der Waals surface area contributed by atoms with Crippen LogP contribution in [0, 0.1) is 45.3 Å². The Hall–Kier alpha value is -0.840. The van der Waals surface area contributed by atoms with E-state index in [1.54, 1.807) is 7.11 Å². The summed E-state index contributed by atoms with van der Waals surface area (Å²) in [4.78, 5) is 0. The molecule has 0 spiro atoms. The second-order valence-corrected chi connectivity index (χ2v) is 17.2. The molecule has 8 heteroatoms. The van der Waals surface area contributed by atoms with Crippen molar-refractivity contribution in [2.45, 2.75) is 149 Å². The molecule has 5 rings (SSSR count). The van der Waals surface area contributed by atoms with Crippen LogP contribution in [-0.2, 0) is 14.2 Å². The number of aliphatic hydroxyl groups is 5. The molecule has 0 aromatic heterocycles. The van der Waals surface area contributed by atoms with Gasteiger partial charge in [-0.05, 0) is 92.8 Å². The standard InChI is InChI=1S/C37H62O8/c1-21(11-10-15-33(2,3)43-9)22-14-16-37(8)31-25(44-32-30(42)29(41)28(40)26(20-38)45-32)19-24-23(12-13-27(39)34(24,4)5)35(31,6)17-18-36(22,37)7/h10,15,19,21-23,25-32,38-42H,11-14,16-18,20H2,1-9H3. The monoisotopic (exact) mass is 634 g/mol. The van der Waals surface area contributed by atoms with Crippen LogP contribution in [0.4, 0.5) is 0 Å². The molecule has 258 valence electrons. The van der Waals surface area contributed by atoms with Crippen LogP contribution in [-0.4, -0.2) is 87.8 Å². The van der Waals surface area contributed by atoms with Crippen molar-refractivity contribution in [1.29, 1.82) is 0 Å². The molecular weight excluding hydrogens is 572 g/mol. The van der Waals surface area contributed by atoms with Crippen molar-refractivity contribution in [3.8, 4) is 0 Å². The number of aliphatic hydroxyl groups excluding tert-OH is 5. The van der Waals surface area contributed by atoms with Crippen LogP contribution in [0.2, 0.25) is 0 Å². The molecule has 0 bridgehead atoms. The molecule has 4 aliphatic carbocycles. The third-order valence-corrected chi connectivity index (χ3v) is 14.2. The topological polar surface area (TPSA) is 129 Å². The average molecular weight is 635 g/mol. The van der Waals surface area contributed by atoms with Gasteiger partial charge in [0.25, 0.3) is 0 Å². The van der Waals surface area contributed by atoms with E-state index in [-0.39, 0.29) is 27.8 Å². The lowest BCUT2D eigenvalue weighted by Crippen LogP contribution is -2.65. The highest BCUT2D eigenvalue weighted by molar-refractivity contribution is 5.33. The molecule has 45 heavy (non-hydrogen) atoms. The van der Waals surface area contributed by atoms with Crippen molar-refractivity contribution in [2.24, 2.45) is 45.3 Å². The molecule has 5 N–H and O–H groups in total. The van der Waals surface area contributed by atoms with Crippen molar-refractivity contribution >= 4 is 0 Å². The number of fused-ring (bicyclic) bond motifs is 5. The molecule has 14 atom stereocenters. The van der Waals surface area contributed by atoms with Crippen molar-refractivity contribution in [1.82, 2.24) is 0 Å². The summed E-state index contributed by atoms with van der Waals surface area (Å²) >= 11 is 0. The van der Waals surface area contributed by atoms with Crippen molar-refractivity contribution < 1.29 is 39.7 Å². The normalized spacial score (nSPS) is 48.8. The zero-order valence-corrected chi connectivity index (χ0v) is 29.2. The molecule has 5 aliphatic rings. The fourth-order valence-corrected chi connectivity index (χ4v) is 10.9. The van der Waals surface area contributed by atoms with E-state index in [1.807, 2.05) is 0 Å². The SMILES string of the molecule is COC(C)(C)C=CCC(C)C1CCC2(C)C3C(OC4OC(CO)C(O)C(O)C4O)C=C4C(CCC(O)C4(C)C)C3(C)CCC12C. The van der Waals surface area contributed by atoms with E-state index in [9.17, 15) is 25.5 Å². The third-order valence-electron chi connectivity index (χ3n) is 14.2. The van der Waals surface area contributed by atoms with E-state index in [0.29, 0.717) is 17.8 Å². The summed E-state index contributed by atoms with van der Waals surface area (Å²) in [5, 5.41) is 53.2. The van der Waals surface area contributed by atoms with Gasteiger partial charge in [0.15, 0.2) is 6.29 Å². The van der Waals surface area contributed by atoms with Crippen molar-refractivity contribution in [3.05, 3.63) is 23.8 Å². The first kappa shape index (κ1) is 35.5. The highest BCUT2D eigenvalue weighted by Crippen LogP contribution is 2.75. The van der Waals surface area contributed by atoms with Crippen LogP contribution in [0.1, 0.15) is 100 Å². The first-order chi connectivity index (χ1) is 20.9. The first-order valence-corrected chi connectivity index (χ1v) is 17.5. The molecule has 0 amide bonds. The summed E-state index contributed by atoms with van der Waals surface area (Å²) in [6, 6.07) is 0. The van der Waals surface area contributed by atoms with Gasteiger partial charge in [-0.15, -0.1) is 0 Å². The first-order valence-electron chi connectivity index (χ1n) is 17.5. The predicted molar refractivity (Wildman–Crippen MR) is 173 cm³/mol. The number of hydrogen-bond donors (Lipinski definition) is 5. The fraction of sp³-hybridized carbons (Fsp3) is 0.892. The molecule has 0 radical (unpaired) electrons. The lowest BCUT2D eigenvalue weighted by atomic mass is 9.38. The summed E-state index contributed by atoms with van der Waals surface area (Å²) in [6.45, 7) is 17.7. The minimum atomic E-state index is -1.50. The molecule has 8 nitrogen and oxygen atoms in total. The van der Waals surface area contributed by atoms with Gasteiger partial charge in [0.2, 0.25) is 0 Å². The highest BCUT2D eigenvalue weighted by atomic mass is 16.7. The molecule has 14 unspecified atom stereocenters. The van der Waals surface area contributed by atoms with E-state index in [2.05, 4.69) is 73.6 Å². The summed E-state index contributed by atoms with van der Waals surface area (Å²) in [5.41, 5.74) is 0.390. The van der Waals surface area contributed by atoms with Crippen LogP contribution >= 0.6 is 0 Å². The van der Waals surface area contributed by atoms with Gasteiger partial charge in [0.05, 0.1) is 24.4 Å². The highest BCUT2D eigenvalue weighted by Gasteiger charge is 2.70. The van der Waals surface area contributed by atoms with Gasteiger partial charge in [0, 0.05) is 18.4 Å². The zero-order chi connectivity index (χ0) is 33.3. The van der Waals surface area contributed by atoms with Crippen LogP contribution in [0.5, 0.6) is 0 Å². The number of rotatable bonds is 8. The molecular formula is C37H62O8. The Morgan fingerprint density at radius 2 is 1.64 bits per heavy atom. The Morgan fingerprint density at radius 1 is 0.956 bits per heavy atom. The summed E-state index contributed by atoms with van der Waals surface area (Å²) in [7, 11) is 1.75. The van der Waals surface area contributed by atoms with Crippen LogP contribution < -0.4 is 0 Å². The minimum absolute atomic E-state index is 0.0627. The van der Waals surface area contributed by atoms with Crippen LogP contribution in [0.15, 0.2) is 23.8 Å². The molecule has 1 aliphatic heterocycles.